The smallest absolute Gasteiger partial charge is 0.412 e. The maximum atomic E-state index is 11.8. The molecule has 2 aromatic heterocycles. The van der Waals surface area contributed by atoms with Crippen LogP contribution in [0, 0.1) is 0 Å². The van der Waals surface area contributed by atoms with Crippen molar-refractivity contribution in [1.29, 1.82) is 0 Å². The number of nitrogens with one attached hydrogen (secondary N) is 1. The van der Waals surface area contributed by atoms with Crippen molar-refractivity contribution >= 4 is 33.4 Å². The second-order valence-electron chi connectivity index (χ2n) is 4.29. The van der Waals surface area contributed by atoms with Crippen LogP contribution in [0.1, 0.15) is 5.56 Å². The zero-order valence-electron chi connectivity index (χ0n) is 10.9. The molecule has 6 nitrogen and oxygen atoms in total. The van der Waals surface area contributed by atoms with Crippen molar-refractivity contribution in [3.05, 3.63) is 59.0 Å². The highest BCUT2D eigenvalue weighted by atomic mass is 79.9. The number of benzene rings is 1. The zero-order valence-corrected chi connectivity index (χ0v) is 12.4. The molecular weight excluding hydrogens is 336 g/mol. The topological polar surface area (TPSA) is 68.5 Å². The summed E-state index contributed by atoms with van der Waals surface area (Å²) in [7, 11) is 0. The summed E-state index contributed by atoms with van der Waals surface area (Å²) in [5.74, 6) is 0. The van der Waals surface area contributed by atoms with Gasteiger partial charge in [0.05, 0.1) is 10.7 Å². The number of amides is 1. The Morgan fingerprint density at radius 2 is 2.10 bits per heavy atom. The minimum absolute atomic E-state index is 0.213. The molecule has 0 fully saturated rings. The van der Waals surface area contributed by atoms with E-state index >= 15 is 0 Å². The van der Waals surface area contributed by atoms with Gasteiger partial charge in [-0.3, -0.25) is 5.32 Å². The lowest BCUT2D eigenvalue weighted by molar-refractivity contribution is 0.155. The number of halogens is 1. The van der Waals surface area contributed by atoms with Gasteiger partial charge in [0.2, 0.25) is 0 Å². The minimum atomic E-state index is -0.543. The van der Waals surface area contributed by atoms with Crippen LogP contribution in [-0.2, 0) is 11.3 Å². The first-order valence-corrected chi connectivity index (χ1v) is 6.98. The summed E-state index contributed by atoms with van der Waals surface area (Å²) in [6, 6.07) is 9.48. The van der Waals surface area contributed by atoms with Crippen LogP contribution >= 0.6 is 15.9 Å². The minimum Gasteiger partial charge on any atom is -0.444 e. The number of fused-ring (bicyclic) bond motifs is 1. The first kappa shape index (κ1) is 13.6. The quantitative estimate of drug-likeness (QED) is 0.790. The number of hydrogen-bond donors (Lipinski definition) is 1. The summed E-state index contributed by atoms with van der Waals surface area (Å²) in [4.78, 5) is 16.0. The standard InChI is InChI=1S/C14H11BrN4O2/c15-11-6-16-13-12(7-17-19(13)8-11)18-14(20)21-9-10-4-2-1-3-5-10/h1-8H,9H2,(H,18,20). The summed E-state index contributed by atoms with van der Waals surface area (Å²) in [5.41, 5.74) is 1.98. The van der Waals surface area contributed by atoms with Crippen molar-refractivity contribution in [1.82, 2.24) is 14.6 Å². The Morgan fingerprint density at radius 3 is 2.90 bits per heavy atom. The summed E-state index contributed by atoms with van der Waals surface area (Å²) in [6.45, 7) is 0.213. The van der Waals surface area contributed by atoms with E-state index in [1.807, 2.05) is 30.3 Å². The molecule has 0 saturated carbocycles. The number of aromatic nitrogens is 3. The SMILES string of the molecule is O=C(Nc1cnn2cc(Br)cnc12)OCc1ccccc1. The van der Waals surface area contributed by atoms with E-state index in [1.165, 1.54) is 6.20 Å². The lowest BCUT2D eigenvalue weighted by Gasteiger charge is -2.05. The van der Waals surface area contributed by atoms with E-state index in [-0.39, 0.29) is 6.61 Å². The molecule has 0 aliphatic heterocycles. The van der Waals surface area contributed by atoms with Gasteiger partial charge in [-0.15, -0.1) is 0 Å². The zero-order chi connectivity index (χ0) is 14.7. The monoisotopic (exact) mass is 346 g/mol. The Morgan fingerprint density at radius 1 is 1.29 bits per heavy atom. The predicted molar refractivity (Wildman–Crippen MR) is 80.9 cm³/mol. The van der Waals surface area contributed by atoms with Gasteiger partial charge in [-0.05, 0) is 21.5 Å². The van der Waals surface area contributed by atoms with Crippen molar-refractivity contribution in [3.8, 4) is 0 Å². The van der Waals surface area contributed by atoms with Gasteiger partial charge >= 0.3 is 6.09 Å². The molecule has 0 aliphatic carbocycles. The highest BCUT2D eigenvalue weighted by Gasteiger charge is 2.10. The lowest BCUT2D eigenvalue weighted by atomic mass is 10.2. The summed E-state index contributed by atoms with van der Waals surface area (Å²) >= 11 is 3.31. The molecule has 0 radical (unpaired) electrons. The van der Waals surface area contributed by atoms with Crippen molar-refractivity contribution in [2.24, 2.45) is 0 Å². The van der Waals surface area contributed by atoms with Gasteiger partial charge < -0.3 is 4.74 Å². The fraction of sp³-hybridized carbons (Fsp3) is 0.0714. The predicted octanol–water partition coefficient (Wildman–Crippen LogP) is 3.24. The molecule has 3 rings (SSSR count). The Balaban J connectivity index is 1.66. The fourth-order valence-electron chi connectivity index (χ4n) is 1.81. The van der Waals surface area contributed by atoms with Crippen LogP contribution in [-0.4, -0.2) is 20.7 Å². The van der Waals surface area contributed by atoms with Gasteiger partial charge in [0.1, 0.15) is 12.3 Å². The molecule has 106 valence electrons. The third-order valence-corrected chi connectivity index (χ3v) is 3.18. The summed E-state index contributed by atoms with van der Waals surface area (Å²) in [6.07, 6.45) is 4.37. The highest BCUT2D eigenvalue weighted by molar-refractivity contribution is 9.10. The van der Waals surface area contributed by atoms with Crippen LogP contribution in [0.3, 0.4) is 0 Å². The van der Waals surface area contributed by atoms with E-state index in [4.69, 9.17) is 4.74 Å². The van der Waals surface area contributed by atoms with Crippen LogP contribution < -0.4 is 5.32 Å². The van der Waals surface area contributed by atoms with Crippen LogP contribution in [0.5, 0.6) is 0 Å². The number of nitrogens with zero attached hydrogens (tertiary/aromatic N) is 3. The Labute approximate surface area is 128 Å². The van der Waals surface area contributed by atoms with Crippen LogP contribution in [0.4, 0.5) is 10.5 Å². The Bertz CT molecular complexity index is 773. The maximum Gasteiger partial charge on any atom is 0.412 e. The second-order valence-corrected chi connectivity index (χ2v) is 5.20. The first-order valence-electron chi connectivity index (χ1n) is 6.19. The molecule has 1 aromatic carbocycles. The third kappa shape index (κ3) is 3.19. The number of carbonyl (C=O) groups is 1. The van der Waals surface area contributed by atoms with E-state index in [0.717, 1.165) is 10.0 Å². The van der Waals surface area contributed by atoms with Crippen molar-refractivity contribution in [2.45, 2.75) is 6.61 Å². The highest BCUT2D eigenvalue weighted by Crippen LogP contribution is 2.16. The van der Waals surface area contributed by atoms with Gasteiger partial charge in [-0.25, -0.2) is 14.3 Å². The third-order valence-electron chi connectivity index (χ3n) is 2.77. The Kier molecular flexibility index (Phi) is 3.83. The number of hydrogen-bond acceptors (Lipinski definition) is 4. The number of carbonyl (C=O) groups excluding carboxylic acids is 1. The van der Waals surface area contributed by atoms with E-state index in [2.05, 4.69) is 31.3 Å². The molecule has 1 N–H and O–H groups in total. The lowest BCUT2D eigenvalue weighted by Crippen LogP contribution is -2.13. The van der Waals surface area contributed by atoms with Crippen molar-refractivity contribution in [2.75, 3.05) is 5.32 Å². The van der Waals surface area contributed by atoms with Gasteiger partial charge in [-0.2, -0.15) is 5.10 Å². The summed E-state index contributed by atoms with van der Waals surface area (Å²) < 4.78 is 7.52. The Hall–Kier alpha value is -2.41. The molecule has 0 unspecified atom stereocenters. The van der Waals surface area contributed by atoms with Gasteiger partial charge in [0, 0.05) is 12.4 Å². The molecule has 3 aromatic rings. The number of anilines is 1. The number of ether oxygens (including phenoxy) is 1. The number of rotatable bonds is 3. The normalized spacial score (nSPS) is 10.5. The molecule has 21 heavy (non-hydrogen) atoms. The molecule has 2 heterocycles. The van der Waals surface area contributed by atoms with Gasteiger partial charge in [-0.1, -0.05) is 30.3 Å². The maximum absolute atomic E-state index is 11.8. The summed E-state index contributed by atoms with van der Waals surface area (Å²) in [5, 5.41) is 6.74. The van der Waals surface area contributed by atoms with Crippen LogP contribution in [0.2, 0.25) is 0 Å². The molecule has 0 aliphatic rings. The first-order chi connectivity index (χ1) is 10.2. The van der Waals surface area contributed by atoms with E-state index < -0.39 is 6.09 Å². The van der Waals surface area contributed by atoms with E-state index in [9.17, 15) is 4.79 Å². The molecule has 0 spiro atoms. The fourth-order valence-corrected chi connectivity index (χ4v) is 2.11. The largest absolute Gasteiger partial charge is 0.444 e. The molecule has 0 saturated heterocycles. The average Bonchev–Trinajstić information content (AvgIpc) is 2.88. The van der Waals surface area contributed by atoms with Gasteiger partial charge in [0.15, 0.2) is 5.65 Å². The van der Waals surface area contributed by atoms with E-state index in [0.29, 0.717) is 11.3 Å². The van der Waals surface area contributed by atoms with Crippen molar-refractivity contribution in [3.63, 3.8) is 0 Å². The molecule has 7 heteroatoms. The van der Waals surface area contributed by atoms with Gasteiger partial charge in [0.25, 0.3) is 0 Å². The molecule has 0 bridgehead atoms. The molecule has 0 atom stereocenters. The van der Waals surface area contributed by atoms with Crippen molar-refractivity contribution < 1.29 is 9.53 Å². The van der Waals surface area contributed by atoms with Crippen LogP contribution in [0.25, 0.3) is 5.65 Å². The molecule has 1 amide bonds. The molecular formula is C14H11BrN4O2. The van der Waals surface area contributed by atoms with E-state index in [1.54, 1.807) is 16.9 Å². The van der Waals surface area contributed by atoms with Crippen LogP contribution in [0.15, 0.2) is 53.4 Å². The second kappa shape index (κ2) is 5.92. The average molecular weight is 347 g/mol.